The van der Waals surface area contributed by atoms with E-state index in [0.29, 0.717) is 6.54 Å². The van der Waals surface area contributed by atoms with Gasteiger partial charge in [0, 0.05) is 26.2 Å². The lowest BCUT2D eigenvalue weighted by Gasteiger charge is -2.19. The van der Waals surface area contributed by atoms with Crippen LogP contribution >= 0.6 is 0 Å². The van der Waals surface area contributed by atoms with Crippen LogP contribution in [-0.4, -0.2) is 31.6 Å². The molecule has 0 radical (unpaired) electrons. The van der Waals surface area contributed by atoms with Crippen LogP contribution in [0.2, 0.25) is 0 Å². The molecule has 0 fully saturated rings. The molecule has 0 aromatic heterocycles. The lowest BCUT2D eigenvalue weighted by molar-refractivity contribution is 0.303. The summed E-state index contributed by atoms with van der Waals surface area (Å²) < 4.78 is 5.12. The second-order valence-corrected chi connectivity index (χ2v) is 3.66. The Morgan fingerprint density at radius 2 is 2.06 bits per heavy atom. The van der Waals surface area contributed by atoms with Crippen molar-refractivity contribution >= 4 is 0 Å². The van der Waals surface area contributed by atoms with E-state index in [-0.39, 0.29) is 0 Å². The molecule has 0 aliphatic rings. The highest BCUT2D eigenvalue weighted by molar-refractivity contribution is 5.27. The maximum atomic E-state index is 5.56. The van der Waals surface area contributed by atoms with Gasteiger partial charge in [0.25, 0.3) is 0 Å². The minimum Gasteiger partial charge on any atom is -0.497 e. The molecule has 3 heteroatoms. The summed E-state index contributed by atoms with van der Waals surface area (Å²) in [6.45, 7) is 7.07. The first-order valence-electron chi connectivity index (χ1n) is 5.46. The molecule has 1 aromatic carbocycles. The number of nitrogens with two attached hydrogens (primary N) is 1. The van der Waals surface area contributed by atoms with Gasteiger partial charge in [-0.2, -0.15) is 0 Å². The van der Waals surface area contributed by atoms with Gasteiger partial charge in [-0.15, -0.1) is 6.58 Å². The monoisotopic (exact) mass is 220 g/mol. The van der Waals surface area contributed by atoms with Crippen molar-refractivity contribution in [2.75, 3.05) is 26.7 Å². The van der Waals surface area contributed by atoms with E-state index in [4.69, 9.17) is 10.5 Å². The summed E-state index contributed by atoms with van der Waals surface area (Å²) in [5.74, 6) is 0.887. The fourth-order valence-electron chi connectivity index (χ4n) is 1.59. The largest absolute Gasteiger partial charge is 0.497 e. The van der Waals surface area contributed by atoms with Gasteiger partial charge in [0.2, 0.25) is 0 Å². The van der Waals surface area contributed by atoms with E-state index in [0.717, 1.165) is 25.4 Å². The first-order valence-corrected chi connectivity index (χ1v) is 5.46. The van der Waals surface area contributed by atoms with E-state index >= 15 is 0 Å². The van der Waals surface area contributed by atoms with Crippen LogP contribution in [0.1, 0.15) is 5.56 Å². The van der Waals surface area contributed by atoms with Crippen molar-refractivity contribution in [2.24, 2.45) is 5.73 Å². The second-order valence-electron chi connectivity index (χ2n) is 3.66. The highest BCUT2D eigenvalue weighted by Gasteiger charge is 2.03. The third-order valence-electron chi connectivity index (χ3n) is 2.40. The van der Waals surface area contributed by atoms with Crippen molar-refractivity contribution in [3.63, 3.8) is 0 Å². The maximum Gasteiger partial charge on any atom is 0.118 e. The van der Waals surface area contributed by atoms with E-state index in [1.165, 1.54) is 5.56 Å². The molecule has 2 N–H and O–H groups in total. The second kappa shape index (κ2) is 7.04. The molecular formula is C13H20N2O. The highest BCUT2D eigenvalue weighted by Crippen LogP contribution is 2.12. The van der Waals surface area contributed by atoms with Crippen LogP contribution in [0.15, 0.2) is 36.9 Å². The molecule has 3 nitrogen and oxygen atoms in total. The first kappa shape index (κ1) is 12.7. The molecule has 0 saturated carbocycles. The van der Waals surface area contributed by atoms with E-state index in [2.05, 4.69) is 23.6 Å². The van der Waals surface area contributed by atoms with Gasteiger partial charge >= 0.3 is 0 Å². The number of methoxy groups -OCH3 is 1. The van der Waals surface area contributed by atoms with Crippen LogP contribution in [0, 0.1) is 0 Å². The van der Waals surface area contributed by atoms with Crippen molar-refractivity contribution in [3.05, 3.63) is 42.5 Å². The Morgan fingerprint density at radius 1 is 1.38 bits per heavy atom. The van der Waals surface area contributed by atoms with Crippen molar-refractivity contribution < 1.29 is 4.74 Å². The Bertz CT molecular complexity index is 308. The molecule has 1 aromatic rings. The highest BCUT2D eigenvalue weighted by atomic mass is 16.5. The van der Waals surface area contributed by atoms with E-state index in [1.807, 2.05) is 18.2 Å². The zero-order valence-corrected chi connectivity index (χ0v) is 9.86. The molecule has 0 aliphatic heterocycles. The third-order valence-corrected chi connectivity index (χ3v) is 2.40. The molecule has 0 aliphatic carbocycles. The quantitative estimate of drug-likeness (QED) is 0.710. The van der Waals surface area contributed by atoms with Gasteiger partial charge in [0.1, 0.15) is 5.75 Å². The minimum atomic E-state index is 0.671. The molecule has 0 atom stereocenters. The summed E-state index contributed by atoms with van der Waals surface area (Å²) in [4.78, 5) is 2.26. The zero-order chi connectivity index (χ0) is 11.8. The first-order chi connectivity index (χ1) is 7.80. The lowest BCUT2D eigenvalue weighted by Crippen LogP contribution is -2.29. The fourth-order valence-corrected chi connectivity index (χ4v) is 1.59. The average Bonchev–Trinajstić information content (AvgIpc) is 2.31. The van der Waals surface area contributed by atoms with Crippen molar-refractivity contribution in [3.8, 4) is 5.75 Å². The Morgan fingerprint density at radius 3 is 2.56 bits per heavy atom. The molecule has 0 amide bonds. The van der Waals surface area contributed by atoms with Crippen molar-refractivity contribution in [1.29, 1.82) is 0 Å². The van der Waals surface area contributed by atoms with Crippen molar-refractivity contribution in [2.45, 2.75) is 6.54 Å². The van der Waals surface area contributed by atoms with Gasteiger partial charge in [-0.05, 0) is 17.7 Å². The van der Waals surface area contributed by atoms with Gasteiger partial charge < -0.3 is 10.5 Å². The van der Waals surface area contributed by atoms with Crippen LogP contribution < -0.4 is 10.5 Å². The average molecular weight is 220 g/mol. The smallest absolute Gasteiger partial charge is 0.118 e. The number of benzene rings is 1. The van der Waals surface area contributed by atoms with E-state index in [1.54, 1.807) is 7.11 Å². The fraction of sp³-hybridized carbons (Fsp3) is 0.385. The molecule has 0 heterocycles. The molecule has 0 bridgehead atoms. The van der Waals surface area contributed by atoms with Crippen LogP contribution in [-0.2, 0) is 6.54 Å². The van der Waals surface area contributed by atoms with Gasteiger partial charge in [-0.1, -0.05) is 18.2 Å². The van der Waals surface area contributed by atoms with Crippen LogP contribution in [0.4, 0.5) is 0 Å². The summed E-state index contributed by atoms with van der Waals surface area (Å²) in [6.07, 6.45) is 1.90. The summed E-state index contributed by atoms with van der Waals surface area (Å²) in [5.41, 5.74) is 6.82. The normalized spacial score (nSPS) is 10.4. The van der Waals surface area contributed by atoms with Gasteiger partial charge in [0.15, 0.2) is 0 Å². The zero-order valence-electron chi connectivity index (χ0n) is 9.86. The number of hydrogen-bond acceptors (Lipinski definition) is 3. The summed E-state index contributed by atoms with van der Waals surface area (Å²) in [7, 11) is 1.67. The Kier molecular flexibility index (Phi) is 5.61. The summed E-state index contributed by atoms with van der Waals surface area (Å²) in [5, 5.41) is 0. The van der Waals surface area contributed by atoms with E-state index < -0.39 is 0 Å². The lowest BCUT2D eigenvalue weighted by atomic mass is 10.2. The van der Waals surface area contributed by atoms with Gasteiger partial charge in [-0.25, -0.2) is 0 Å². The van der Waals surface area contributed by atoms with Gasteiger partial charge in [-0.3, -0.25) is 4.90 Å². The maximum absolute atomic E-state index is 5.56. The Labute approximate surface area is 97.5 Å². The molecule has 0 unspecified atom stereocenters. The van der Waals surface area contributed by atoms with Crippen LogP contribution in [0.3, 0.4) is 0 Å². The molecule has 0 spiro atoms. The van der Waals surface area contributed by atoms with Crippen LogP contribution in [0.25, 0.3) is 0 Å². The van der Waals surface area contributed by atoms with Crippen molar-refractivity contribution in [1.82, 2.24) is 4.90 Å². The Balaban J connectivity index is 2.58. The predicted octanol–water partition coefficient (Wildman–Crippen LogP) is 1.64. The standard InChI is InChI=1S/C13H20N2O/c1-3-9-15(10-8-14)11-12-4-6-13(16-2)7-5-12/h3-7H,1,8-11,14H2,2H3. The van der Waals surface area contributed by atoms with Gasteiger partial charge in [0.05, 0.1) is 7.11 Å². The number of ether oxygens (including phenoxy) is 1. The molecule has 0 saturated heterocycles. The summed E-state index contributed by atoms with van der Waals surface area (Å²) in [6, 6.07) is 8.10. The topological polar surface area (TPSA) is 38.5 Å². The SMILES string of the molecule is C=CCN(CCN)Cc1ccc(OC)cc1. The number of nitrogens with zero attached hydrogens (tertiary/aromatic N) is 1. The predicted molar refractivity (Wildman–Crippen MR) is 67.5 cm³/mol. The molecular weight excluding hydrogens is 200 g/mol. The number of hydrogen-bond donors (Lipinski definition) is 1. The molecule has 88 valence electrons. The third kappa shape index (κ3) is 4.04. The van der Waals surface area contributed by atoms with E-state index in [9.17, 15) is 0 Å². The van der Waals surface area contributed by atoms with Crippen LogP contribution in [0.5, 0.6) is 5.75 Å². The summed E-state index contributed by atoms with van der Waals surface area (Å²) >= 11 is 0. The molecule has 1 rings (SSSR count). The minimum absolute atomic E-state index is 0.671. The Hall–Kier alpha value is -1.32. The molecule has 16 heavy (non-hydrogen) atoms. The number of rotatable bonds is 7.